The Hall–Kier alpha value is -9.32. The monoisotopic (exact) mass is 1400 g/mol. The molecule has 4 fully saturated rings. The number of hydrogen-bond acceptors (Lipinski definition) is 18. The minimum Gasteiger partial charge on any atom is -0.476 e. The van der Waals surface area contributed by atoms with Crippen LogP contribution in [0, 0.1) is 29.1 Å². The summed E-state index contributed by atoms with van der Waals surface area (Å²) in [6, 6.07) is 21.4. The van der Waals surface area contributed by atoms with E-state index in [0.717, 1.165) is 82.2 Å². The van der Waals surface area contributed by atoms with E-state index in [1.807, 2.05) is 41.9 Å². The van der Waals surface area contributed by atoms with Crippen LogP contribution in [0.4, 0.5) is 26.2 Å². The fraction of sp³-hybridized carbons (Fsp3) is 0.471. The summed E-state index contributed by atoms with van der Waals surface area (Å²) in [4.78, 5) is 117. The molecule has 4 aliphatic carbocycles. The minimum absolute atomic E-state index is 0.0373. The smallest absolute Gasteiger partial charge is 0.410 e. The van der Waals surface area contributed by atoms with Crippen LogP contribution in [0.25, 0.3) is 21.3 Å². The van der Waals surface area contributed by atoms with Gasteiger partial charge in [0.2, 0.25) is 17.7 Å². The molecule has 3 aromatic heterocycles. The van der Waals surface area contributed by atoms with Gasteiger partial charge in [0.1, 0.15) is 24.5 Å². The number of nitrogens with two attached hydrogens (primary N) is 1. The number of carbonyl (C=O) groups excluding carboxylic acids is 7. The molecule has 12 rings (SSSR count). The summed E-state index contributed by atoms with van der Waals surface area (Å²) in [6.45, 7) is 11.6. The molecule has 5 heterocycles. The van der Waals surface area contributed by atoms with Crippen LogP contribution in [0.5, 0.6) is 0 Å². The quantitative estimate of drug-likeness (QED) is 0.0121. The Morgan fingerprint density at radius 2 is 1.59 bits per heavy atom. The van der Waals surface area contributed by atoms with E-state index in [4.69, 9.17) is 30.3 Å². The first-order chi connectivity index (χ1) is 47.0. The Morgan fingerprint density at radius 1 is 0.848 bits per heavy atom. The number of ether oxygens (including phenoxy) is 2. The van der Waals surface area contributed by atoms with Gasteiger partial charge in [-0.1, -0.05) is 81.5 Å². The van der Waals surface area contributed by atoms with Crippen molar-refractivity contribution in [2.24, 2.45) is 27.9 Å². The summed E-state index contributed by atoms with van der Waals surface area (Å²) < 4.78 is 49.8. The number of carbonyl (C=O) groups is 8. The van der Waals surface area contributed by atoms with Crippen molar-refractivity contribution in [2.75, 3.05) is 60.6 Å². The number of thiazole rings is 1. The number of pyridine rings is 1. The highest BCUT2D eigenvalue weighted by atomic mass is 32.2. The molecule has 6 aliphatic rings. The number of benzene rings is 3. The summed E-state index contributed by atoms with van der Waals surface area (Å²) in [6.07, 6.45) is 8.92. The van der Waals surface area contributed by atoms with Gasteiger partial charge in [0.05, 0.1) is 34.4 Å². The van der Waals surface area contributed by atoms with Gasteiger partial charge in [-0.15, -0.1) is 0 Å². The Bertz CT molecular complexity index is 4180. The molecule has 8 amide bonds. The zero-order chi connectivity index (χ0) is 70.6. The van der Waals surface area contributed by atoms with Crippen molar-refractivity contribution in [3.05, 3.63) is 131 Å². The third-order valence-electron chi connectivity index (χ3n) is 19.6. The van der Waals surface area contributed by atoms with E-state index in [2.05, 4.69) is 69.6 Å². The fourth-order valence-electron chi connectivity index (χ4n) is 16.2. The van der Waals surface area contributed by atoms with Gasteiger partial charge in [-0.05, 0) is 146 Å². The average molecular weight is 1400 g/mol. The molecular formula is C70H85N13O14S2. The van der Waals surface area contributed by atoms with Crippen LogP contribution in [-0.2, 0) is 76.2 Å². The molecule has 0 saturated heterocycles. The van der Waals surface area contributed by atoms with E-state index < -0.39 is 87.1 Å². The molecule has 0 radical (unpaired) electrons. The summed E-state index contributed by atoms with van der Waals surface area (Å²) in [5.74, 6) is -4.79. The third kappa shape index (κ3) is 17.1. The predicted octanol–water partition coefficient (Wildman–Crippen LogP) is 7.73. The summed E-state index contributed by atoms with van der Waals surface area (Å²) in [5.41, 5.74) is 11.4. The largest absolute Gasteiger partial charge is 0.476 e. The number of imide groups is 1. The van der Waals surface area contributed by atoms with Gasteiger partial charge in [0, 0.05) is 93.4 Å². The number of nitrogens with one attached hydrogen (secondary N) is 5. The molecule has 4 atom stereocenters. The molecule has 2 unspecified atom stereocenters. The Kier molecular flexibility index (Phi) is 21.0. The molecular weight excluding hydrogens is 1310 g/mol. The summed E-state index contributed by atoms with van der Waals surface area (Å²) >= 11 is 1.61. The lowest BCUT2D eigenvalue weighted by Gasteiger charge is -2.69. The van der Waals surface area contributed by atoms with Crippen LogP contribution in [0.3, 0.4) is 0 Å². The minimum atomic E-state index is -4.50. The van der Waals surface area contributed by atoms with Gasteiger partial charge in [-0.3, -0.25) is 38.1 Å². The van der Waals surface area contributed by atoms with Gasteiger partial charge in [0.15, 0.2) is 10.8 Å². The standard InChI is InChI=1S/C70H85N13O14S2/c1-43(2)59(79-56(84)24-27-82-57(85)21-22-58(82)86)62(88)76-53(13-9-25-72-64(71)91)61(87)75-48-17-15-45(16-18-48)35-96-66(92)80(29-31-99(93,94)95)28-30-97-70-39-67(4)36-68(5,40-70)38-69(37-67,41-70)42-83-44(3)50(33-74-83)49-19-20-55(78-60(49)63(89)90)81-26-23-46-10-8-11-47(51(46)34-81)32-73-65-77-52-12-6-7-14-54(52)98-65/h6-8,10-12,14-22,33,43,53,59H,9,13,23-32,34-42H2,1-5H3,(H,73,77)(H,75,87)(H,76,88)(H,79,84)(H,89,90)(H3,71,72,91)(H,93,94,95)/t53-,59-,67?,68?,69?,70?/m0/s1. The number of hydrogen-bond donors (Lipinski definition) is 8. The van der Waals surface area contributed by atoms with Crippen LogP contribution in [0.2, 0.25) is 0 Å². The van der Waals surface area contributed by atoms with Crippen molar-refractivity contribution in [3.63, 3.8) is 0 Å². The van der Waals surface area contributed by atoms with E-state index in [-0.39, 0.29) is 80.6 Å². The van der Waals surface area contributed by atoms with E-state index in [0.29, 0.717) is 60.8 Å². The number of urea groups is 1. The fourth-order valence-corrected chi connectivity index (χ4v) is 17.5. The van der Waals surface area contributed by atoms with E-state index in [1.165, 1.54) is 16.0 Å². The second-order valence-corrected chi connectivity index (χ2v) is 30.8. The molecule has 9 N–H and O–H groups in total. The normalized spacial score (nSPS) is 21.3. The SMILES string of the molecule is Cc1c(-c2ccc(N3CCc4cccc(CNc5nc6ccccc6s5)c4C3)nc2C(=O)O)cnn1CC12CC3(C)CC(C)(C1)CC(OCCN(CCS(=O)(=O)O)C(=O)OCc1ccc(NC(=O)[C@H](CCCNC(N)=O)NC(=O)[C@@H](NC(=O)CCN4C(=O)C=CC4=O)C(C)C)cc1)(C3)C2. The summed E-state index contributed by atoms with van der Waals surface area (Å²) in [5, 5.41) is 30.6. The maximum absolute atomic E-state index is 13.9. The number of carboxylic acids is 1. The number of anilines is 3. The lowest BCUT2D eigenvalue weighted by atomic mass is 9.39. The number of fused-ring (bicyclic) bond motifs is 2. The molecule has 4 saturated carbocycles. The zero-order valence-electron chi connectivity index (χ0n) is 56.1. The molecule has 99 heavy (non-hydrogen) atoms. The number of aromatic carboxylic acids is 1. The topological polar surface area (TPSA) is 369 Å². The predicted molar refractivity (Wildman–Crippen MR) is 370 cm³/mol. The van der Waals surface area contributed by atoms with Crippen molar-refractivity contribution in [3.8, 4) is 11.1 Å². The van der Waals surface area contributed by atoms with Gasteiger partial charge >= 0.3 is 18.1 Å². The number of rotatable bonds is 30. The van der Waals surface area contributed by atoms with E-state index in [9.17, 15) is 56.4 Å². The number of nitrogens with zero attached hydrogens (tertiary/aromatic N) is 7. The van der Waals surface area contributed by atoms with Crippen molar-refractivity contribution in [1.29, 1.82) is 0 Å². The number of carboxylic acid groups (broad SMARTS) is 1. The number of para-hydroxylation sites is 1. The van der Waals surface area contributed by atoms with Crippen molar-refractivity contribution in [1.82, 2.24) is 45.5 Å². The van der Waals surface area contributed by atoms with Crippen molar-refractivity contribution in [2.45, 2.75) is 143 Å². The number of aromatic nitrogens is 4. The van der Waals surface area contributed by atoms with Gasteiger partial charge < -0.3 is 56.7 Å². The highest BCUT2D eigenvalue weighted by Gasteiger charge is 2.66. The van der Waals surface area contributed by atoms with Crippen molar-refractivity contribution < 1.29 is 65.9 Å². The first-order valence-electron chi connectivity index (χ1n) is 33.3. The van der Waals surface area contributed by atoms with Gasteiger partial charge in [0.25, 0.3) is 21.9 Å². The zero-order valence-corrected chi connectivity index (χ0v) is 57.8. The van der Waals surface area contributed by atoms with Crippen LogP contribution < -0.4 is 37.2 Å². The van der Waals surface area contributed by atoms with Gasteiger partial charge in [-0.25, -0.2) is 24.4 Å². The maximum Gasteiger partial charge on any atom is 0.410 e. The molecule has 6 aromatic rings. The number of primary amides is 1. The molecule has 4 bridgehead atoms. The summed E-state index contributed by atoms with van der Waals surface area (Å²) in [7, 11) is -4.50. The molecule has 526 valence electrons. The van der Waals surface area contributed by atoms with Crippen LogP contribution in [0.15, 0.2) is 97.2 Å². The molecule has 29 heteroatoms. The Morgan fingerprint density at radius 3 is 2.28 bits per heavy atom. The number of amides is 8. The van der Waals surface area contributed by atoms with Gasteiger partial charge in [-0.2, -0.15) is 13.5 Å². The van der Waals surface area contributed by atoms with E-state index in [1.54, 1.807) is 55.6 Å². The van der Waals surface area contributed by atoms with Crippen LogP contribution in [-0.4, -0.2) is 158 Å². The Balaban J connectivity index is 0.708. The lowest BCUT2D eigenvalue weighted by Crippen LogP contribution is -2.64. The Labute approximate surface area is 577 Å². The molecule has 0 spiro atoms. The highest BCUT2D eigenvalue weighted by Crippen LogP contribution is 2.72. The lowest BCUT2D eigenvalue weighted by molar-refractivity contribution is -0.248. The van der Waals surface area contributed by atoms with Crippen molar-refractivity contribution >= 4 is 95.9 Å². The molecule has 2 aliphatic heterocycles. The third-order valence-corrected chi connectivity index (χ3v) is 21.3. The van der Waals surface area contributed by atoms with Crippen LogP contribution in [0.1, 0.15) is 124 Å². The highest BCUT2D eigenvalue weighted by molar-refractivity contribution is 7.85. The van der Waals surface area contributed by atoms with E-state index >= 15 is 0 Å². The molecule has 27 nitrogen and oxygen atoms in total. The molecule has 3 aromatic carbocycles. The second-order valence-electron chi connectivity index (χ2n) is 28.2. The first kappa shape index (κ1) is 71.0. The maximum atomic E-state index is 13.9. The second kappa shape index (κ2) is 29.2. The first-order valence-corrected chi connectivity index (χ1v) is 35.8. The van der Waals surface area contributed by atoms with Crippen LogP contribution >= 0.6 is 11.3 Å². The average Bonchev–Trinajstić information content (AvgIpc) is 0.854.